The van der Waals surface area contributed by atoms with Gasteiger partial charge in [-0.2, -0.15) is 0 Å². The summed E-state index contributed by atoms with van der Waals surface area (Å²) in [6.45, 7) is 6.97. The summed E-state index contributed by atoms with van der Waals surface area (Å²) in [7, 11) is 0. The first-order chi connectivity index (χ1) is 11.5. The quantitative estimate of drug-likeness (QED) is 0.874. The van der Waals surface area contributed by atoms with Gasteiger partial charge in [0, 0.05) is 34.9 Å². The summed E-state index contributed by atoms with van der Waals surface area (Å²) in [6.07, 6.45) is 0. The van der Waals surface area contributed by atoms with Crippen molar-refractivity contribution in [1.82, 2.24) is 4.90 Å². The second-order valence-corrected chi connectivity index (χ2v) is 5.83. The molecule has 24 heavy (non-hydrogen) atoms. The molecule has 2 aromatic rings. The first-order valence-electron chi connectivity index (χ1n) is 7.93. The number of anilines is 1. The third-order valence-electron chi connectivity index (χ3n) is 3.94. The average molecular weight is 345 g/mol. The van der Waals surface area contributed by atoms with Crippen LogP contribution in [0, 0.1) is 6.92 Å². The molecule has 0 aromatic heterocycles. The maximum atomic E-state index is 12.5. The van der Waals surface area contributed by atoms with Gasteiger partial charge in [0.2, 0.25) is 0 Å². The standard InChI is InChI=1S/C19H21ClN2O2/c1-4-22(5-2)19(24)15-9-6-8-14(12-15)18(23)21-17-11-7-10-16(20)13(17)3/h6-12H,4-5H2,1-3H3,(H,21,23). The Balaban J connectivity index is 2.23. The highest BCUT2D eigenvalue weighted by Gasteiger charge is 2.15. The zero-order chi connectivity index (χ0) is 17.7. The van der Waals surface area contributed by atoms with Crippen LogP contribution in [0.4, 0.5) is 5.69 Å². The van der Waals surface area contributed by atoms with Crippen molar-refractivity contribution in [1.29, 1.82) is 0 Å². The van der Waals surface area contributed by atoms with E-state index in [1.165, 1.54) is 0 Å². The van der Waals surface area contributed by atoms with Crippen molar-refractivity contribution < 1.29 is 9.59 Å². The third-order valence-corrected chi connectivity index (χ3v) is 4.35. The van der Waals surface area contributed by atoms with Crippen molar-refractivity contribution in [3.8, 4) is 0 Å². The van der Waals surface area contributed by atoms with Crippen LogP contribution in [-0.2, 0) is 0 Å². The van der Waals surface area contributed by atoms with Gasteiger partial charge >= 0.3 is 0 Å². The zero-order valence-electron chi connectivity index (χ0n) is 14.1. The van der Waals surface area contributed by atoms with Crippen LogP contribution >= 0.6 is 11.6 Å². The van der Waals surface area contributed by atoms with E-state index in [2.05, 4.69) is 5.32 Å². The molecule has 1 N–H and O–H groups in total. The maximum Gasteiger partial charge on any atom is 0.255 e. The lowest BCUT2D eigenvalue weighted by Crippen LogP contribution is -2.30. The molecule has 0 aliphatic carbocycles. The number of carbonyl (C=O) groups excluding carboxylic acids is 2. The van der Waals surface area contributed by atoms with Gasteiger partial charge < -0.3 is 10.2 Å². The molecule has 0 radical (unpaired) electrons. The number of hydrogen-bond acceptors (Lipinski definition) is 2. The summed E-state index contributed by atoms with van der Waals surface area (Å²) in [5, 5.41) is 3.44. The number of carbonyl (C=O) groups is 2. The minimum atomic E-state index is -0.269. The molecule has 0 bridgehead atoms. The van der Waals surface area contributed by atoms with E-state index in [4.69, 9.17) is 11.6 Å². The summed E-state index contributed by atoms with van der Waals surface area (Å²) >= 11 is 6.08. The molecule has 0 fully saturated rings. The summed E-state index contributed by atoms with van der Waals surface area (Å²) in [4.78, 5) is 26.6. The van der Waals surface area contributed by atoms with E-state index in [0.29, 0.717) is 34.9 Å². The zero-order valence-corrected chi connectivity index (χ0v) is 14.9. The fraction of sp³-hybridized carbons (Fsp3) is 0.263. The summed E-state index contributed by atoms with van der Waals surface area (Å²) in [6, 6.07) is 12.1. The third kappa shape index (κ3) is 3.95. The Morgan fingerprint density at radius 3 is 2.33 bits per heavy atom. The summed E-state index contributed by atoms with van der Waals surface area (Å²) < 4.78 is 0. The van der Waals surface area contributed by atoms with Crippen LogP contribution in [0.25, 0.3) is 0 Å². The van der Waals surface area contributed by atoms with Crippen LogP contribution in [0.15, 0.2) is 42.5 Å². The predicted molar refractivity (Wildman–Crippen MR) is 97.8 cm³/mol. The number of rotatable bonds is 5. The predicted octanol–water partition coefficient (Wildman–Crippen LogP) is 4.38. The number of halogens is 1. The Morgan fingerprint density at radius 2 is 1.67 bits per heavy atom. The van der Waals surface area contributed by atoms with Crippen molar-refractivity contribution in [3.63, 3.8) is 0 Å². The van der Waals surface area contributed by atoms with E-state index in [1.807, 2.05) is 20.8 Å². The highest BCUT2D eigenvalue weighted by molar-refractivity contribution is 6.31. The molecule has 0 aliphatic heterocycles. The van der Waals surface area contributed by atoms with E-state index >= 15 is 0 Å². The van der Waals surface area contributed by atoms with Crippen molar-refractivity contribution in [2.75, 3.05) is 18.4 Å². The Bertz CT molecular complexity index is 755. The smallest absolute Gasteiger partial charge is 0.255 e. The first-order valence-corrected chi connectivity index (χ1v) is 8.31. The largest absolute Gasteiger partial charge is 0.339 e. The van der Waals surface area contributed by atoms with Gasteiger partial charge in [-0.25, -0.2) is 0 Å². The second kappa shape index (κ2) is 7.97. The van der Waals surface area contributed by atoms with Gasteiger partial charge in [0.15, 0.2) is 0 Å². The molecule has 0 unspecified atom stereocenters. The SMILES string of the molecule is CCN(CC)C(=O)c1cccc(C(=O)Nc2cccc(Cl)c2C)c1. The molecule has 126 valence electrons. The minimum Gasteiger partial charge on any atom is -0.339 e. The monoisotopic (exact) mass is 344 g/mol. The van der Waals surface area contributed by atoms with E-state index in [1.54, 1.807) is 47.4 Å². The Morgan fingerprint density at radius 1 is 1.04 bits per heavy atom. The molecule has 0 spiro atoms. The second-order valence-electron chi connectivity index (χ2n) is 5.42. The molecule has 4 nitrogen and oxygen atoms in total. The topological polar surface area (TPSA) is 49.4 Å². The van der Waals surface area contributed by atoms with Gasteiger partial charge in [-0.3, -0.25) is 9.59 Å². The molecule has 0 saturated carbocycles. The molecule has 2 rings (SSSR count). The molecular formula is C19H21ClN2O2. The molecule has 0 atom stereocenters. The fourth-order valence-corrected chi connectivity index (χ4v) is 2.60. The Kier molecular flexibility index (Phi) is 5.99. The lowest BCUT2D eigenvalue weighted by atomic mass is 10.1. The van der Waals surface area contributed by atoms with Crippen LogP contribution in [0.1, 0.15) is 40.1 Å². The molecule has 5 heteroatoms. The highest BCUT2D eigenvalue weighted by atomic mass is 35.5. The van der Waals surface area contributed by atoms with Crippen LogP contribution in [0.2, 0.25) is 5.02 Å². The fourth-order valence-electron chi connectivity index (χ4n) is 2.42. The van der Waals surface area contributed by atoms with Gasteiger partial charge in [-0.15, -0.1) is 0 Å². The lowest BCUT2D eigenvalue weighted by molar-refractivity contribution is 0.0773. The van der Waals surface area contributed by atoms with Crippen LogP contribution < -0.4 is 5.32 Å². The average Bonchev–Trinajstić information content (AvgIpc) is 2.60. The number of nitrogens with one attached hydrogen (secondary N) is 1. The summed E-state index contributed by atoms with van der Waals surface area (Å²) in [5.74, 6) is -0.344. The molecule has 0 saturated heterocycles. The van der Waals surface area contributed by atoms with Gasteiger partial charge in [0.25, 0.3) is 11.8 Å². The summed E-state index contributed by atoms with van der Waals surface area (Å²) in [5.41, 5.74) is 2.41. The van der Waals surface area contributed by atoms with Crippen LogP contribution in [0.5, 0.6) is 0 Å². The number of nitrogens with zero attached hydrogens (tertiary/aromatic N) is 1. The Labute approximate surface area is 147 Å². The van der Waals surface area contributed by atoms with Gasteiger partial charge in [-0.1, -0.05) is 23.7 Å². The van der Waals surface area contributed by atoms with Crippen LogP contribution in [-0.4, -0.2) is 29.8 Å². The number of benzene rings is 2. The van der Waals surface area contributed by atoms with Gasteiger partial charge in [0.05, 0.1) is 0 Å². The molecule has 2 amide bonds. The van der Waals surface area contributed by atoms with E-state index < -0.39 is 0 Å². The first kappa shape index (κ1) is 18.0. The maximum absolute atomic E-state index is 12.5. The molecular weight excluding hydrogens is 324 g/mol. The van der Waals surface area contributed by atoms with E-state index in [-0.39, 0.29) is 11.8 Å². The molecule has 2 aromatic carbocycles. The van der Waals surface area contributed by atoms with E-state index in [0.717, 1.165) is 5.56 Å². The number of hydrogen-bond donors (Lipinski definition) is 1. The van der Waals surface area contributed by atoms with Crippen molar-refractivity contribution in [3.05, 3.63) is 64.2 Å². The Hall–Kier alpha value is -2.33. The normalized spacial score (nSPS) is 10.3. The lowest BCUT2D eigenvalue weighted by Gasteiger charge is -2.19. The molecule has 0 aliphatic rings. The van der Waals surface area contributed by atoms with Gasteiger partial charge in [0.1, 0.15) is 0 Å². The number of amides is 2. The van der Waals surface area contributed by atoms with Gasteiger partial charge in [-0.05, 0) is 56.7 Å². The van der Waals surface area contributed by atoms with Crippen molar-refractivity contribution >= 4 is 29.1 Å². The van der Waals surface area contributed by atoms with Crippen LogP contribution in [0.3, 0.4) is 0 Å². The van der Waals surface area contributed by atoms with Crippen molar-refractivity contribution in [2.45, 2.75) is 20.8 Å². The minimum absolute atomic E-state index is 0.0754. The highest BCUT2D eigenvalue weighted by Crippen LogP contribution is 2.23. The molecule has 0 heterocycles. The van der Waals surface area contributed by atoms with Crippen molar-refractivity contribution in [2.24, 2.45) is 0 Å². The van der Waals surface area contributed by atoms with E-state index in [9.17, 15) is 9.59 Å².